The van der Waals surface area contributed by atoms with E-state index in [1.54, 1.807) is 32.2 Å². The van der Waals surface area contributed by atoms with Crippen LogP contribution in [0.15, 0.2) is 18.2 Å². The summed E-state index contributed by atoms with van der Waals surface area (Å²) in [5, 5.41) is 2.90. The van der Waals surface area contributed by atoms with Crippen LogP contribution in [0.25, 0.3) is 0 Å². The lowest BCUT2D eigenvalue weighted by molar-refractivity contribution is -0.143. The lowest BCUT2D eigenvalue weighted by Gasteiger charge is -2.37. The molecule has 1 fully saturated rings. The molecule has 1 N–H and O–H groups in total. The fraction of sp³-hybridized carbons (Fsp3) is 0.600. The van der Waals surface area contributed by atoms with E-state index in [2.05, 4.69) is 12.2 Å². The normalized spacial score (nSPS) is 22.5. The van der Waals surface area contributed by atoms with Gasteiger partial charge in [0.2, 0.25) is 0 Å². The number of nitrogens with one attached hydrogen (secondary N) is 1. The van der Waals surface area contributed by atoms with E-state index in [1.165, 1.54) is 0 Å². The predicted molar refractivity (Wildman–Crippen MR) is 99.6 cm³/mol. The van der Waals surface area contributed by atoms with Crippen molar-refractivity contribution < 1.29 is 23.8 Å². The maximum absolute atomic E-state index is 12.9. The highest BCUT2D eigenvalue weighted by Crippen LogP contribution is 2.36. The molecule has 0 aromatic heterocycles. The van der Waals surface area contributed by atoms with E-state index in [4.69, 9.17) is 14.2 Å². The monoisotopic (exact) mass is 363 g/mol. The number of methoxy groups -OCH3 is 1. The Labute approximate surface area is 155 Å². The Morgan fingerprint density at radius 2 is 2.04 bits per heavy atom. The number of hydrogen-bond donors (Lipinski definition) is 1. The van der Waals surface area contributed by atoms with Crippen LogP contribution in [0, 0.1) is 5.92 Å². The van der Waals surface area contributed by atoms with Crippen LogP contribution in [0.2, 0.25) is 0 Å². The Kier molecular flexibility index (Phi) is 7.03. The predicted octanol–water partition coefficient (Wildman–Crippen LogP) is 3.80. The SMILES string of the molecule is CCOC(=O)c1cc(NC(=O)[C@@]2(OC)CCC[C@H](C)C2)ccc1OCC. The lowest BCUT2D eigenvalue weighted by Crippen LogP contribution is -2.47. The molecule has 0 heterocycles. The molecule has 0 spiro atoms. The molecule has 1 aliphatic rings. The van der Waals surface area contributed by atoms with Gasteiger partial charge in [-0.1, -0.05) is 13.3 Å². The number of carbonyl (C=O) groups is 2. The molecule has 1 aromatic rings. The van der Waals surface area contributed by atoms with Gasteiger partial charge in [0.1, 0.15) is 16.9 Å². The fourth-order valence-electron chi connectivity index (χ4n) is 3.49. The van der Waals surface area contributed by atoms with Crippen LogP contribution in [0.4, 0.5) is 5.69 Å². The number of carbonyl (C=O) groups excluding carboxylic acids is 2. The van der Waals surface area contributed by atoms with Gasteiger partial charge in [0, 0.05) is 12.8 Å². The third-order valence-electron chi connectivity index (χ3n) is 4.79. The van der Waals surface area contributed by atoms with Gasteiger partial charge in [-0.25, -0.2) is 4.79 Å². The zero-order chi connectivity index (χ0) is 19.2. The van der Waals surface area contributed by atoms with Crippen molar-refractivity contribution in [1.29, 1.82) is 0 Å². The molecule has 2 rings (SSSR count). The molecule has 0 unspecified atom stereocenters. The third-order valence-corrected chi connectivity index (χ3v) is 4.79. The third kappa shape index (κ3) is 4.55. The first-order chi connectivity index (χ1) is 12.5. The quantitative estimate of drug-likeness (QED) is 0.746. The van der Waals surface area contributed by atoms with E-state index in [1.807, 2.05) is 6.92 Å². The highest BCUT2D eigenvalue weighted by Gasteiger charge is 2.42. The lowest BCUT2D eigenvalue weighted by atomic mass is 9.78. The summed E-state index contributed by atoms with van der Waals surface area (Å²) in [6, 6.07) is 4.99. The summed E-state index contributed by atoms with van der Waals surface area (Å²) in [6.07, 6.45) is 3.45. The molecular weight excluding hydrogens is 334 g/mol. The minimum atomic E-state index is -0.819. The Morgan fingerprint density at radius 1 is 1.27 bits per heavy atom. The van der Waals surface area contributed by atoms with Crippen LogP contribution in [-0.4, -0.2) is 37.8 Å². The van der Waals surface area contributed by atoms with E-state index in [-0.39, 0.29) is 12.5 Å². The van der Waals surface area contributed by atoms with E-state index in [0.717, 1.165) is 12.8 Å². The van der Waals surface area contributed by atoms with E-state index < -0.39 is 11.6 Å². The van der Waals surface area contributed by atoms with Crippen LogP contribution in [-0.2, 0) is 14.3 Å². The molecule has 144 valence electrons. The standard InChI is InChI=1S/C20H29NO5/c1-5-25-17-10-9-15(12-16(17)18(22)26-6-2)21-19(23)20(24-4)11-7-8-14(3)13-20/h9-10,12,14H,5-8,11,13H2,1-4H3,(H,21,23)/t14-,20+/m0/s1. The molecule has 1 aliphatic carbocycles. The smallest absolute Gasteiger partial charge is 0.341 e. The van der Waals surface area contributed by atoms with E-state index in [9.17, 15) is 9.59 Å². The largest absolute Gasteiger partial charge is 0.493 e. The molecule has 1 amide bonds. The topological polar surface area (TPSA) is 73.9 Å². The summed E-state index contributed by atoms with van der Waals surface area (Å²) in [4.78, 5) is 25.1. The van der Waals surface area contributed by atoms with Crippen molar-refractivity contribution >= 4 is 17.6 Å². The zero-order valence-electron chi connectivity index (χ0n) is 16.1. The van der Waals surface area contributed by atoms with Crippen molar-refractivity contribution in [3.63, 3.8) is 0 Å². The second-order valence-corrected chi connectivity index (χ2v) is 6.72. The molecule has 26 heavy (non-hydrogen) atoms. The van der Waals surface area contributed by atoms with Gasteiger partial charge in [-0.15, -0.1) is 0 Å². The summed E-state index contributed by atoms with van der Waals surface area (Å²) in [5.41, 5.74) is 0.00603. The Morgan fingerprint density at radius 3 is 2.65 bits per heavy atom. The van der Waals surface area contributed by atoms with Crippen molar-refractivity contribution in [3.05, 3.63) is 23.8 Å². The average Bonchev–Trinajstić information content (AvgIpc) is 2.63. The first kappa shape index (κ1) is 20.2. The molecular formula is C20H29NO5. The van der Waals surface area contributed by atoms with Crippen molar-refractivity contribution in [2.24, 2.45) is 5.92 Å². The van der Waals surface area contributed by atoms with Crippen LogP contribution in [0.5, 0.6) is 5.75 Å². The zero-order valence-corrected chi connectivity index (χ0v) is 16.1. The van der Waals surface area contributed by atoms with Gasteiger partial charge in [-0.2, -0.15) is 0 Å². The van der Waals surface area contributed by atoms with Crippen LogP contribution in [0.3, 0.4) is 0 Å². The van der Waals surface area contributed by atoms with Crippen LogP contribution < -0.4 is 10.1 Å². The maximum atomic E-state index is 12.9. The summed E-state index contributed by atoms with van der Waals surface area (Å²) in [7, 11) is 1.58. The van der Waals surface area contributed by atoms with Gasteiger partial charge in [-0.05, 0) is 57.2 Å². The second kappa shape index (κ2) is 9.03. The Bertz CT molecular complexity index is 645. The van der Waals surface area contributed by atoms with Gasteiger partial charge in [-0.3, -0.25) is 4.79 Å². The minimum Gasteiger partial charge on any atom is -0.493 e. The fourth-order valence-corrected chi connectivity index (χ4v) is 3.49. The minimum absolute atomic E-state index is 0.175. The number of hydrogen-bond acceptors (Lipinski definition) is 5. The molecule has 6 nitrogen and oxygen atoms in total. The van der Waals surface area contributed by atoms with Crippen molar-refractivity contribution in [1.82, 2.24) is 0 Å². The molecule has 1 aromatic carbocycles. The van der Waals surface area contributed by atoms with Gasteiger partial charge < -0.3 is 19.5 Å². The van der Waals surface area contributed by atoms with Crippen molar-refractivity contribution in [2.45, 2.75) is 52.1 Å². The summed E-state index contributed by atoms with van der Waals surface area (Å²) in [6.45, 7) is 6.43. The molecule has 0 bridgehead atoms. The molecule has 6 heteroatoms. The van der Waals surface area contributed by atoms with Gasteiger partial charge in [0.05, 0.1) is 13.2 Å². The first-order valence-corrected chi connectivity index (χ1v) is 9.26. The average molecular weight is 363 g/mol. The maximum Gasteiger partial charge on any atom is 0.341 e. The number of amides is 1. The number of rotatable bonds is 7. The van der Waals surface area contributed by atoms with E-state index >= 15 is 0 Å². The van der Waals surface area contributed by atoms with Gasteiger partial charge in [0.25, 0.3) is 5.91 Å². The summed E-state index contributed by atoms with van der Waals surface area (Å²) in [5.74, 6) is 0.229. The molecule has 2 atom stereocenters. The van der Waals surface area contributed by atoms with Crippen molar-refractivity contribution in [2.75, 3.05) is 25.6 Å². The molecule has 1 saturated carbocycles. The first-order valence-electron chi connectivity index (χ1n) is 9.26. The van der Waals surface area contributed by atoms with E-state index in [0.29, 0.717) is 42.4 Å². The van der Waals surface area contributed by atoms with Crippen LogP contribution in [0.1, 0.15) is 56.8 Å². The Balaban J connectivity index is 2.23. The summed E-state index contributed by atoms with van der Waals surface area (Å²) < 4.78 is 16.2. The molecule has 0 aliphatic heterocycles. The number of benzene rings is 1. The molecule has 0 saturated heterocycles. The van der Waals surface area contributed by atoms with Crippen LogP contribution >= 0.6 is 0 Å². The highest BCUT2D eigenvalue weighted by atomic mass is 16.5. The number of anilines is 1. The number of esters is 1. The number of ether oxygens (including phenoxy) is 3. The highest BCUT2D eigenvalue weighted by molar-refractivity contribution is 5.99. The molecule has 0 radical (unpaired) electrons. The second-order valence-electron chi connectivity index (χ2n) is 6.72. The summed E-state index contributed by atoms with van der Waals surface area (Å²) >= 11 is 0. The van der Waals surface area contributed by atoms with Crippen molar-refractivity contribution in [3.8, 4) is 5.75 Å². The van der Waals surface area contributed by atoms with Gasteiger partial charge in [0.15, 0.2) is 0 Å². The van der Waals surface area contributed by atoms with Gasteiger partial charge >= 0.3 is 5.97 Å². The Hall–Kier alpha value is -2.08.